The molecule has 2 aliphatic carbocycles. The summed E-state index contributed by atoms with van der Waals surface area (Å²) in [5.74, 6) is 0.472. The highest BCUT2D eigenvalue weighted by Gasteiger charge is 2.54. The second-order valence-corrected chi connectivity index (χ2v) is 3.79. The topological polar surface area (TPSA) is 66.8 Å². The van der Waals surface area contributed by atoms with Crippen molar-refractivity contribution in [2.24, 2.45) is 5.92 Å². The number of aliphatic hydroxyl groups excluding tert-OH is 1. The maximum absolute atomic E-state index is 10.4. The van der Waals surface area contributed by atoms with Gasteiger partial charge in [-0.2, -0.15) is 0 Å². The average Bonchev–Trinajstić information content (AvgIpc) is 2.42. The highest BCUT2D eigenvalue weighted by molar-refractivity contribution is 5.58. The molecule has 4 nitrogen and oxygen atoms in total. The maximum Gasteiger partial charge on any atom is 0.506 e. The quantitative estimate of drug-likeness (QED) is 0.579. The Morgan fingerprint density at radius 2 is 2.33 bits per heavy atom. The smallest absolute Gasteiger partial charge is 0.450 e. The molecule has 2 rings (SSSR count). The van der Waals surface area contributed by atoms with Crippen molar-refractivity contribution in [1.29, 1.82) is 0 Å². The normalized spacial score (nSPS) is 44.8. The number of fused-ring (bicyclic) bond motifs is 2. The molecule has 68 valence electrons. The third kappa shape index (κ3) is 0.982. The van der Waals surface area contributed by atoms with Gasteiger partial charge in [0.25, 0.3) is 0 Å². The third-order valence-electron chi connectivity index (χ3n) is 3.06. The van der Waals surface area contributed by atoms with E-state index in [2.05, 4.69) is 0 Å². The molecular formula is C8H12O4. The van der Waals surface area contributed by atoms with E-state index in [1.165, 1.54) is 0 Å². The standard InChI is InChI=1S/C8H12O4/c9-6-3-5-1-2-8(6,4-5)12-7(10)11/h5-6,9H,1-4H2,(H,10,11). The van der Waals surface area contributed by atoms with Crippen LogP contribution in [-0.4, -0.2) is 28.1 Å². The fraction of sp³-hybridized carbons (Fsp3) is 0.875. The molecule has 3 atom stereocenters. The van der Waals surface area contributed by atoms with Crippen LogP contribution in [0.2, 0.25) is 0 Å². The first-order chi connectivity index (χ1) is 5.62. The Morgan fingerprint density at radius 1 is 1.58 bits per heavy atom. The van der Waals surface area contributed by atoms with E-state index >= 15 is 0 Å². The first kappa shape index (κ1) is 7.86. The zero-order valence-corrected chi connectivity index (χ0v) is 6.69. The minimum Gasteiger partial charge on any atom is -0.450 e. The minimum atomic E-state index is -1.27. The second-order valence-electron chi connectivity index (χ2n) is 3.79. The summed E-state index contributed by atoms with van der Waals surface area (Å²) in [4.78, 5) is 10.4. The molecule has 2 saturated carbocycles. The van der Waals surface area contributed by atoms with Gasteiger partial charge >= 0.3 is 6.16 Å². The van der Waals surface area contributed by atoms with Crippen molar-refractivity contribution in [3.8, 4) is 0 Å². The number of rotatable bonds is 1. The SMILES string of the molecule is O=C(O)OC12CCC(CC1O)C2. The molecule has 2 fully saturated rings. The zero-order valence-electron chi connectivity index (χ0n) is 6.69. The van der Waals surface area contributed by atoms with Crippen LogP contribution in [0.25, 0.3) is 0 Å². The van der Waals surface area contributed by atoms with Gasteiger partial charge in [0.15, 0.2) is 0 Å². The van der Waals surface area contributed by atoms with E-state index < -0.39 is 17.9 Å². The summed E-state index contributed by atoms with van der Waals surface area (Å²) >= 11 is 0. The average molecular weight is 172 g/mol. The van der Waals surface area contributed by atoms with Crippen LogP contribution in [0.1, 0.15) is 25.7 Å². The second kappa shape index (κ2) is 2.36. The van der Waals surface area contributed by atoms with Gasteiger partial charge in [-0.25, -0.2) is 4.79 Å². The molecule has 0 heterocycles. The molecule has 12 heavy (non-hydrogen) atoms. The highest BCUT2D eigenvalue weighted by Crippen LogP contribution is 2.50. The predicted molar refractivity (Wildman–Crippen MR) is 39.8 cm³/mol. The molecule has 2 aliphatic rings. The molecule has 0 saturated heterocycles. The summed E-state index contributed by atoms with van der Waals surface area (Å²) < 4.78 is 4.77. The molecule has 3 unspecified atom stereocenters. The van der Waals surface area contributed by atoms with Crippen LogP contribution in [0.5, 0.6) is 0 Å². The van der Waals surface area contributed by atoms with Gasteiger partial charge in [0.2, 0.25) is 0 Å². The first-order valence-corrected chi connectivity index (χ1v) is 4.22. The van der Waals surface area contributed by atoms with Gasteiger partial charge in [-0.05, 0) is 31.6 Å². The van der Waals surface area contributed by atoms with Gasteiger partial charge in [-0.1, -0.05) is 0 Å². The number of carbonyl (C=O) groups is 1. The lowest BCUT2D eigenvalue weighted by Crippen LogP contribution is -2.41. The van der Waals surface area contributed by atoms with E-state index in [1.807, 2.05) is 0 Å². The lowest BCUT2D eigenvalue weighted by molar-refractivity contribution is -0.0814. The Bertz CT molecular complexity index is 215. The number of hydrogen-bond acceptors (Lipinski definition) is 3. The van der Waals surface area contributed by atoms with Gasteiger partial charge in [0, 0.05) is 0 Å². The molecular weight excluding hydrogens is 160 g/mol. The van der Waals surface area contributed by atoms with Crippen molar-refractivity contribution < 1.29 is 19.7 Å². The molecule has 0 spiro atoms. The summed E-state index contributed by atoms with van der Waals surface area (Å²) in [6, 6.07) is 0. The fourth-order valence-electron chi connectivity index (χ4n) is 2.51. The van der Waals surface area contributed by atoms with Crippen LogP contribution in [0.4, 0.5) is 4.79 Å². The summed E-state index contributed by atoms with van der Waals surface area (Å²) in [5.41, 5.74) is -0.753. The predicted octanol–water partition coefficient (Wildman–Crippen LogP) is 0.984. The molecule has 4 heteroatoms. The van der Waals surface area contributed by atoms with Gasteiger partial charge in [-0.15, -0.1) is 0 Å². The Balaban J connectivity index is 2.13. The van der Waals surface area contributed by atoms with Crippen molar-refractivity contribution in [2.45, 2.75) is 37.4 Å². The van der Waals surface area contributed by atoms with E-state index in [0.717, 1.165) is 6.42 Å². The van der Waals surface area contributed by atoms with Gasteiger partial charge < -0.3 is 14.9 Å². The van der Waals surface area contributed by atoms with Crippen molar-refractivity contribution in [3.05, 3.63) is 0 Å². The molecule has 0 aromatic rings. The lowest BCUT2D eigenvalue weighted by atomic mass is 9.94. The summed E-state index contributed by atoms with van der Waals surface area (Å²) in [6.45, 7) is 0. The molecule has 2 bridgehead atoms. The summed E-state index contributed by atoms with van der Waals surface area (Å²) in [7, 11) is 0. The van der Waals surface area contributed by atoms with Crippen molar-refractivity contribution >= 4 is 6.16 Å². The fourth-order valence-corrected chi connectivity index (χ4v) is 2.51. The third-order valence-corrected chi connectivity index (χ3v) is 3.06. The van der Waals surface area contributed by atoms with Crippen LogP contribution >= 0.6 is 0 Å². The number of aliphatic hydroxyl groups is 1. The first-order valence-electron chi connectivity index (χ1n) is 4.22. The summed E-state index contributed by atoms with van der Waals surface area (Å²) in [5, 5.41) is 18.0. The van der Waals surface area contributed by atoms with Crippen molar-refractivity contribution in [1.82, 2.24) is 0 Å². The molecule has 0 aromatic heterocycles. The van der Waals surface area contributed by atoms with Crippen LogP contribution in [0.3, 0.4) is 0 Å². The van der Waals surface area contributed by atoms with Crippen LogP contribution < -0.4 is 0 Å². The van der Waals surface area contributed by atoms with E-state index in [-0.39, 0.29) is 0 Å². The van der Waals surface area contributed by atoms with E-state index in [1.54, 1.807) is 0 Å². The van der Waals surface area contributed by atoms with Crippen molar-refractivity contribution in [2.75, 3.05) is 0 Å². The van der Waals surface area contributed by atoms with Crippen LogP contribution in [0.15, 0.2) is 0 Å². The summed E-state index contributed by atoms with van der Waals surface area (Å²) in [6.07, 6.45) is 1.24. The maximum atomic E-state index is 10.4. The van der Waals surface area contributed by atoms with E-state index in [4.69, 9.17) is 9.84 Å². The zero-order chi connectivity index (χ0) is 8.77. The van der Waals surface area contributed by atoms with Crippen molar-refractivity contribution in [3.63, 3.8) is 0 Å². The minimum absolute atomic E-state index is 0.472. The Labute approximate surface area is 70.1 Å². The Morgan fingerprint density at radius 3 is 2.75 bits per heavy atom. The van der Waals surface area contributed by atoms with E-state index in [9.17, 15) is 9.90 Å². The Hall–Kier alpha value is -0.770. The van der Waals surface area contributed by atoms with Gasteiger partial charge in [0.1, 0.15) is 5.60 Å². The monoisotopic (exact) mass is 172 g/mol. The van der Waals surface area contributed by atoms with Gasteiger partial charge in [-0.3, -0.25) is 0 Å². The van der Waals surface area contributed by atoms with Gasteiger partial charge in [0.05, 0.1) is 6.10 Å². The molecule has 0 aromatic carbocycles. The van der Waals surface area contributed by atoms with Crippen LogP contribution in [-0.2, 0) is 4.74 Å². The number of hydrogen-bond donors (Lipinski definition) is 2. The van der Waals surface area contributed by atoms with Crippen LogP contribution in [0, 0.1) is 5.92 Å². The Kier molecular flexibility index (Phi) is 1.54. The number of ether oxygens (including phenoxy) is 1. The number of carboxylic acid groups (broad SMARTS) is 1. The molecule has 0 aliphatic heterocycles. The lowest BCUT2D eigenvalue weighted by Gasteiger charge is -2.29. The van der Waals surface area contributed by atoms with E-state index in [0.29, 0.717) is 25.2 Å². The molecule has 0 amide bonds. The molecule has 0 radical (unpaired) electrons. The largest absolute Gasteiger partial charge is 0.506 e. The molecule has 2 N–H and O–H groups in total. The highest BCUT2D eigenvalue weighted by atomic mass is 16.7.